The number of carbonyl (C=O) groups excluding carboxylic acids is 1. The van der Waals surface area contributed by atoms with E-state index in [9.17, 15) is 4.79 Å². The van der Waals surface area contributed by atoms with Gasteiger partial charge in [0.25, 0.3) is 0 Å². The highest BCUT2D eigenvalue weighted by atomic mass is 16.5. The molecule has 0 spiro atoms. The zero-order valence-corrected chi connectivity index (χ0v) is 11.8. The molecule has 1 aromatic carbocycles. The molecule has 21 heavy (non-hydrogen) atoms. The number of fused-ring (bicyclic) bond motifs is 1. The maximum absolute atomic E-state index is 12.3. The molecule has 0 aliphatic carbocycles. The first-order valence-electron chi connectivity index (χ1n) is 6.87. The molecule has 108 valence electrons. The molecule has 2 heterocycles. The Labute approximate surface area is 123 Å². The van der Waals surface area contributed by atoms with Gasteiger partial charge in [0.15, 0.2) is 0 Å². The van der Waals surface area contributed by atoms with Gasteiger partial charge in [-0.1, -0.05) is 24.3 Å². The largest absolute Gasteiger partial charge is 0.481 e. The molecule has 5 nitrogen and oxygen atoms in total. The molecule has 5 heteroatoms. The van der Waals surface area contributed by atoms with Crippen molar-refractivity contribution in [3.05, 3.63) is 53.7 Å². The Bertz CT molecular complexity index is 640. The van der Waals surface area contributed by atoms with Crippen LogP contribution in [0.1, 0.15) is 17.0 Å². The maximum Gasteiger partial charge on any atom is 0.229 e. The summed E-state index contributed by atoms with van der Waals surface area (Å²) in [5.41, 5.74) is 3.05. The molecule has 0 radical (unpaired) electrons. The van der Waals surface area contributed by atoms with Crippen LogP contribution in [0.3, 0.4) is 0 Å². The lowest BCUT2D eigenvalue weighted by atomic mass is 10.0. The van der Waals surface area contributed by atoms with E-state index in [1.165, 1.54) is 0 Å². The predicted octanol–water partition coefficient (Wildman–Crippen LogP) is 1.92. The van der Waals surface area contributed by atoms with E-state index in [1.807, 2.05) is 30.3 Å². The van der Waals surface area contributed by atoms with Crippen molar-refractivity contribution in [2.24, 2.45) is 0 Å². The molecule has 0 saturated heterocycles. The number of para-hydroxylation sites is 1. The summed E-state index contributed by atoms with van der Waals surface area (Å²) in [6.07, 6.45) is 1.71. The number of anilines is 1. The van der Waals surface area contributed by atoms with Gasteiger partial charge in [-0.25, -0.2) is 4.98 Å². The first kappa shape index (κ1) is 13.4. The van der Waals surface area contributed by atoms with Crippen LogP contribution in [0.2, 0.25) is 0 Å². The molecule has 0 bridgehead atoms. The van der Waals surface area contributed by atoms with E-state index in [0.717, 1.165) is 16.8 Å². The fourth-order valence-corrected chi connectivity index (χ4v) is 2.47. The average molecular weight is 283 g/mol. The van der Waals surface area contributed by atoms with Crippen molar-refractivity contribution in [2.75, 3.05) is 19.0 Å². The fourth-order valence-electron chi connectivity index (χ4n) is 2.47. The van der Waals surface area contributed by atoms with Crippen LogP contribution >= 0.6 is 0 Å². The molecule has 1 amide bonds. The predicted molar refractivity (Wildman–Crippen MR) is 80.3 cm³/mol. The molecular weight excluding hydrogens is 266 g/mol. The van der Waals surface area contributed by atoms with Crippen molar-refractivity contribution in [2.45, 2.75) is 12.5 Å². The SMILES string of the molecule is COc1ccc(CNC(=O)C2CNc3ccccc32)cn1. The third-order valence-electron chi connectivity index (χ3n) is 3.62. The minimum Gasteiger partial charge on any atom is -0.481 e. The Morgan fingerprint density at radius 3 is 3.00 bits per heavy atom. The second-order valence-electron chi connectivity index (χ2n) is 4.95. The number of carbonyl (C=O) groups is 1. The molecule has 1 aromatic heterocycles. The van der Waals surface area contributed by atoms with Crippen LogP contribution in [0.25, 0.3) is 0 Å². The van der Waals surface area contributed by atoms with Gasteiger partial charge in [0.2, 0.25) is 11.8 Å². The highest BCUT2D eigenvalue weighted by Crippen LogP contribution is 2.30. The second kappa shape index (κ2) is 5.83. The summed E-state index contributed by atoms with van der Waals surface area (Å²) in [5.74, 6) is 0.467. The lowest BCUT2D eigenvalue weighted by Crippen LogP contribution is -2.29. The number of rotatable bonds is 4. The Balaban J connectivity index is 1.62. The summed E-state index contributed by atoms with van der Waals surface area (Å²) in [6.45, 7) is 1.11. The van der Waals surface area contributed by atoms with Crippen molar-refractivity contribution in [1.29, 1.82) is 0 Å². The van der Waals surface area contributed by atoms with Crippen LogP contribution in [-0.2, 0) is 11.3 Å². The van der Waals surface area contributed by atoms with Crippen LogP contribution in [-0.4, -0.2) is 24.5 Å². The van der Waals surface area contributed by atoms with Gasteiger partial charge < -0.3 is 15.4 Å². The van der Waals surface area contributed by atoms with Crippen molar-refractivity contribution >= 4 is 11.6 Å². The fraction of sp³-hybridized carbons (Fsp3) is 0.250. The number of hydrogen-bond donors (Lipinski definition) is 2. The van der Waals surface area contributed by atoms with E-state index in [4.69, 9.17) is 4.74 Å². The molecule has 0 saturated carbocycles. The standard InChI is InChI=1S/C16H17N3O2/c1-21-15-7-6-11(8-18-15)9-19-16(20)13-10-17-14-5-3-2-4-12(13)14/h2-8,13,17H,9-10H2,1H3,(H,19,20). The van der Waals surface area contributed by atoms with E-state index in [-0.39, 0.29) is 11.8 Å². The number of ether oxygens (including phenoxy) is 1. The average Bonchev–Trinajstić information content (AvgIpc) is 2.97. The van der Waals surface area contributed by atoms with Crippen molar-refractivity contribution in [3.8, 4) is 5.88 Å². The smallest absolute Gasteiger partial charge is 0.229 e. The third-order valence-corrected chi connectivity index (χ3v) is 3.62. The minimum atomic E-state index is -0.132. The Morgan fingerprint density at radius 1 is 1.38 bits per heavy atom. The summed E-state index contributed by atoms with van der Waals surface area (Å²) in [5, 5.41) is 6.21. The van der Waals surface area contributed by atoms with Crippen LogP contribution in [0, 0.1) is 0 Å². The Kier molecular flexibility index (Phi) is 3.73. The second-order valence-corrected chi connectivity index (χ2v) is 4.95. The van der Waals surface area contributed by atoms with Crippen molar-refractivity contribution in [3.63, 3.8) is 0 Å². The molecule has 1 aliphatic rings. The molecule has 0 fully saturated rings. The van der Waals surface area contributed by atoms with Crippen molar-refractivity contribution < 1.29 is 9.53 Å². The van der Waals surface area contributed by atoms with Crippen LogP contribution in [0.15, 0.2) is 42.6 Å². The van der Waals surface area contributed by atoms with Gasteiger partial charge in [0, 0.05) is 31.0 Å². The summed E-state index contributed by atoms with van der Waals surface area (Å²) >= 11 is 0. The first-order valence-corrected chi connectivity index (χ1v) is 6.87. The number of pyridine rings is 1. The number of benzene rings is 1. The van der Waals surface area contributed by atoms with Gasteiger partial charge in [-0.2, -0.15) is 0 Å². The number of amides is 1. The van der Waals surface area contributed by atoms with Gasteiger partial charge in [-0.15, -0.1) is 0 Å². The molecule has 1 unspecified atom stereocenters. The summed E-state index contributed by atoms with van der Waals surface area (Å²) in [6, 6.07) is 11.6. The highest BCUT2D eigenvalue weighted by molar-refractivity contribution is 5.88. The van der Waals surface area contributed by atoms with Crippen LogP contribution in [0.5, 0.6) is 5.88 Å². The van der Waals surface area contributed by atoms with Gasteiger partial charge in [0.05, 0.1) is 13.0 Å². The number of methoxy groups -OCH3 is 1. The number of hydrogen-bond acceptors (Lipinski definition) is 4. The Morgan fingerprint density at radius 2 is 2.24 bits per heavy atom. The number of nitrogens with zero attached hydrogens (tertiary/aromatic N) is 1. The van der Waals surface area contributed by atoms with Crippen LogP contribution in [0.4, 0.5) is 5.69 Å². The monoisotopic (exact) mass is 283 g/mol. The molecule has 1 atom stereocenters. The van der Waals surface area contributed by atoms with Gasteiger partial charge in [-0.3, -0.25) is 4.79 Å². The maximum atomic E-state index is 12.3. The minimum absolute atomic E-state index is 0.0308. The lowest BCUT2D eigenvalue weighted by molar-refractivity contribution is -0.122. The number of aromatic nitrogens is 1. The molecule has 3 rings (SSSR count). The third kappa shape index (κ3) is 2.81. The first-order chi connectivity index (χ1) is 10.3. The van der Waals surface area contributed by atoms with E-state index in [2.05, 4.69) is 15.6 Å². The summed E-state index contributed by atoms with van der Waals surface area (Å²) in [7, 11) is 1.58. The van der Waals surface area contributed by atoms with Gasteiger partial charge in [-0.05, 0) is 17.2 Å². The normalized spacial score (nSPS) is 16.0. The summed E-state index contributed by atoms with van der Waals surface area (Å²) < 4.78 is 5.01. The molecular formula is C16H17N3O2. The van der Waals surface area contributed by atoms with E-state index < -0.39 is 0 Å². The number of nitrogens with one attached hydrogen (secondary N) is 2. The highest BCUT2D eigenvalue weighted by Gasteiger charge is 2.27. The topological polar surface area (TPSA) is 63.2 Å². The Hall–Kier alpha value is -2.56. The molecule has 2 N–H and O–H groups in total. The van der Waals surface area contributed by atoms with E-state index in [1.54, 1.807) is 19.4 Å². The van der Waals surface area contributed by atoms with Gasteiger partial charge in [0.1, 0.15) is 0 Å². The van der Waals surface area contributed by atoms with Crippen molar-refractivity contribution in [1.82, 2.24) is 10.3 Å². The van der Waals surface area contributed by atoms with Gasteiger partial charge >= 0.3 is 0 Å². The molecule has 1 aliphatic heterocycles. The van der Waals surface area contributed by atoms with E-state index in [0.29, 0.717) is 19.0 Å². The molecule has 2 aromatic rings. The summed E-state index contributed by atoms with van der Waals surface area (Å²) in [4.78, 5) is 16.4. The zero-order valence-electron chi connectivity index (χ0n) is 11.8. The zero-order chi connectivity index (χ0) is 14.7. The lowest BCUT2D eigenvalue weighted by Gasteiger charge is -2.11. The van der Waals surface area contributed by atoms with Crippen LogP contribution < -0.4 is 15.4 Å². The van der Waals surface area contributed by atoms with E-state index >= 15 is 0 Å². The quantitative estimate of drug-likeness (QED) is 0.900.